The highest BCUT2D eigenvalue weighted by atomic mass is 35.5. The van der Waals surface area contributed by atoms with Gasteiger partial charge in [0.05, 0.1) is 23.6 Å². The van der Waals surface area contributed by atoms with Gasteiger partial charge in [0.1, 0.15) is 5.75 Å². The molecule has 0 saturated heterocycles. The second kappa shape index (κ2) is 6.64. The molecule has 0 aliphatic heterocycles. The second-order valence-electron chi connectivity index (χ2n) is 3.98. The number of hydrogen-bond donors (Lipinski definition) is 1. The zero-order valence-corrected chi connectivity index (χ0v) is 12.6. The first-order valence-electron chi connectivity index (χ1n) is 5.85. The Labute approximate surface area is 129 Å². The number of ether oxygens (including phenoxy) is 1. The van der Waals surface area contributed by atoms with E-state index in [0.717, 1.165) is 11.8 Å². The van der Waals surface area contributed by atoms with Gasteiger partial charge in [0, 0.05) is 12.4 Å². The fraction of sp³-hybridized carbons (Fsp3) is 0.154. The summed E-state index contributed by atoms with van der Waals surface area (Å²) in [7, 11) is 1.51. The topological polar surface area (TPSA) is 87.2 Å². The van der Waals surface area contributed by atoms with Crippen LogP contribution in [-0.2, 0) is 4.79 Å². The summed E-state index contributed by atoms with van der Waals surface area (Å²) < 4.78 is 6.46. The Morgan fingerprint density at radius 2 is 2.29 bits per heavy atom. The van der Waals surface area contributed by atoms with E-state index in [1.165, 1.54) is 24.1 Å². The SMILES string of the molecule is COc1ccc(-n2ccnc(SCC(N)=O)c2=O)cc1Cl. The van der Waals surface area contributed by atoms with Crippen molar-refractivity contribution in [2.24, 2.45) is 5.73 Å². The third-order valence-electron chi connectivity index (χ3n) is 2.57. The number of nitrogens with two attached hydrogens (primary N) is 1. The summed E-state index contributed by atoms with van der Waals surface area (Å²) >= 11 is 7.05. The van der Waals surface area contributed by atoms with Crippen LogP contribution in [0.15, 0.2) is 40.4 Å². The number of halogens is 1. The van der Waals surface area contributed by atoms with E-state index < -0.39 is 5.91 Å². The molecule has 2 N–H and O–H groups in total. The van der Waals surface area contributed by atoms with Crippen molar-refractivity contribution in [3.8, 4) is 11.4 Å². The lowest BCUT2D eigenvalue weighted by atomic mass is 10.3. The molecular weight excluding hydrogens is 314 g/mol. The van der Waals surface area contributed by atoms with Crippen molar-refractivity contribution in [2.45, 2.75) is 5.03 Å². The first-order valence-corrected chi connectivity index (χ1v) is 7.22. The highest BCUT2D eigenvalue weighted by molar-refractivity contribution is 7.99. The van der Waals surface area contributed by atoms with Crippen LogP contribution in [0.5, 0.6) is 5.75 Å². The lowest BCUT2D eigenvalue weighted by Gasteiger charge is -2.09. The molecule has 1 aromatic carbocycles. The Balaban J connectivity index is 2.40. The average Bonchev–Trinajstić information content (AvgIpc) is 2.46. The molecule has 1 amide bonds. The first-order chi connectivity index (χ1) is 10.0. The molecule has 0 aliphatic carbocycles. The minimum atomic E-state index is -0.510. The van der Waals surface area contributed by atoms with Crippen molar-refractivity contribution in [2.75, 3.05) is 12.9 Å². The molecule has 0 bridgehead atoms. The van der Waals surface area contributed by atoms with Gasteiger partial charge in [-0.2, -0.15) is 0 Å². The van der Waals surface area contributed by atoms with E-state index in [0.29, 0.717) is 16.5 Å². The average molecular weight is 326 g/mol. The number of carbonyl (C=O) groups is 1. The molecule has 2 rings (SSSR count). The molecule has 21 heavy (non-hydrogen) atoms. The summed E-state index contributed by atoms with van der Waals surface area (Å²) in [6.45, 7) is 0. The van der Waals surface area contributed by atoms with Crippen LogP contribution in [0.4, 0.5) is 0 Å². The first kappa shape index (κ1) is 15.4. The highest BCUT2D eigenvalue weighted by Crippen LogP contribution is 2.26. The van der Waals surface area contributed by atoms with Crippen molar-refractivity contribution < 1.29 is 9.53 Å². The van der Waals surface area contributed by atoms with Crippen molar-refractivity contribution >= 4 is 29.3 Å². The molecule has 8 heteroatoms. The molecule has 2 aromatic rings. The van der Waals surface area contributed by atoms with Gasteiger partial charge in [-0.1, -0.05) is 23.4 Å². The van der Waals surface area contributed by atoms with Crippen molar-refractivity contribution in [1.29, 1.82) is 0 Å². The summed E-state index contributed by atoms with van der Waals surface area (Å²) in [4.78, 5) is 27.0. The second-order valence-corrected chi connectivity index (χ2v) is 5.35. The van der Waals surface area contributed by atoms with Gasteiger partial charge < -0.3 is 10.5 Å². The quantitative estimate of drug-likeness (QED) is 0.841. The molecule has 0 fully saturated rings. The molecule has 1 aromatic heterocycles. The van der Waals surface area contributed by atoms with Crippen LogP contribution in [0, 0.1) is 0 Å². The van der Waals surface area contributed by atoms with Crippen molar-refractivity contribution in [3.63, 3.8) is 0 Å². The van der Waals surface area contributed by atoms with Gasteiger partial charge in [0.2, 0.25) is 5.91 Å². The number of rotatable bonds is 5. The summed E-state index contributed by atoms with van der Waals surface area (Å²) in [5, 5.41) is 0.591. The Morgan fingerprint density at radius 1 is 1.52 bits per heavy atom. The highest BCUT2D eigenvalue weighted by Gasteiger charge is 2.10. The van der Waals surface area contributed by atoms with Crippen molar-refractivity contribution in [3.05, 3.63) is 46.0 Å². The smallest absolute Gasteiger partial charge is 0.287 e. The fourth-order valence-corrected chi connectivity index (χ4v) is 2.53. The van der Waals surface area contributed by atoms with Crippen LogP contribution < -0.4 is 16.0 Å². The third-order valence-corrected chi connectivity index (χ3v) is 3.85. The zero-order chi connectivity index (χ0) is 15.4. The lowest BCUT2D eigenvalue weighted by Crippen LogP contribution is -2.22. The number of aromatic nitrogens is 2. The summed E-state index contributed by atoms with van der Waals surface area (Å²) in [6, 6.07) is 4.99. The summed E-state index contributed by atoms with van der Waals surface area (Å²) in [5.41, 5.74) is 5.30. The molecule has 0 atom stereocenters. The van der Waals surface area contributed by atoms with E-state index in [1.807, 2.05) is 0 Å². The number of thioether (sulfide) groups is 1. The van der Waals surface area contributed by atoms with Crippen LogP contribution in [0.25, 0.3) is 5.69 Å². The number of amides is 1. The monoisotopic (exact) mass is 325 g/mol. The van der Waals surface area contributed by atoms with E-state index in [1.54, 1.807) is 18.2 Å². The van der Waals surface area contributed by atoms with Crippen LogP contribution in [0.1, 0.15) is 0 Å². The van der Waals surface area contributed by atoms with Crippen LogP contribution >= 0.6 is 23.4 Å². The zero-order valence-electron chi connectivity index (χ0n) is 11.1. The van der Waals surface area contributed by atoms with Crippen molar-refractivity contribution in [1.82, 2.24) is 9.55 Å². The minimum absolute atomic E-state index is 0.00434. The predicted octanol–water partition coefficient (Wildman–Crippen LogP) is 1.47. The van der Waals surface area contributed by atoms with E-state index in [4.69, 9.17) is 22.1 Å². The number of nitrogens with zero attached hydrogens (tertiary/aromatic N) is 2. The Hall–Kier alpha value is -1.99. The summed E-state index contributed by atoms with van der Waals surface area (Å²) in [5.74, 6) is 0.00486. The molecule has 0 radical (unpaired) electrons. The van der Waals surface area contributed by atoms with Crippen LogP contribution in [0.2, 0.25) is 5.02 Å². The normalized spacial score (nSPS) is 10.4. The van der Waals surface area contributed by atoms with Gasteiger partial charge in [-0.25, -0.2) is 4.98 Å². The number of primary amides is 1. The predicted molar refractivity (Wildman–Crippen MR) is 81.3 cm³/mol. The Morgan fingerprint density at radius 3 is 2.90 bits per heavy atom. The van der Waals surface area contributed by atoms with E-state index >= 15 is 0 Å². The van der Waals surface area contributed by atoms with Gasteiger partial charge >= 0.3 is 0 Å². The largest absolute Gasteiger partial charge is 0.495 e. The van der Waals surface area contributed by atoms with E-state index in [-0.39, 0.29) is 16.3 Å². The van der Waals surface area contributed by atoms with Gasteiger partial charge in [0.25, 0.3) is 5.56 Å². The molecular formula is C13H12ClN3O3S. The maximum absolute atomic E-state index is 12.3. The molecule has 0 spiro atoms. The number of methoxy groups -OCH3 is 1. The van der Waals surface area contributed by atoms with Crippen LogP contribution in [-0.4, -0.2) is 28.3 Å². The van der Waals surface area contributed by atoms with Crippen LogP contribution in [0.3, 0.4) is 0 Å². The Bertz CT molecular complexity index is 733. The minimum Gasteiger partial charge on any atom is -0.495 e. The molecule has 0 saturated carbocycles. The third kappa shape index (κ3) is 3.56. The standard InChI is InChI=1S/C13H12ClN3O3S/c1-20-10-3-2-8(6-9(10)14)17-5-4-16-12(13(17)19)21-7-11(15)18/h2-6H,7H2,1H3,(H2,15,18). The van der Waals surface area contributed by atoms with E-state index in [9.17, 15) is 9.59 Å². The Kier molecular flexibility index (Phi) is 4.87. The number of carbonyl (C=O) groups excluding carboxylic acids is 1. The molecule has 6 nitrogen and oxygen atoms in total. The van der Waals surface area contributed by atoms with Gasteiger partial charge in [-0.15, -0.1) is 0 Å². The molecule has 110 valence electrons. The maximum atomic E-state index is 12.3. The number of benzene rings is 1. The molecule has 0 unspecified atom stereocenters. The van der Waals surface area contributed by atoms with Gasteiger partial charge in [0.15, 0.2) is 5.03 Å². The molecule has 0 aliphatic rings. The van der Waals surface area contributed by atoms with Gasteiger partial charge in [-0.3, -0.25) is 14.2 Å². The van der Waals surface area contributed by atoms with E-state index in [2.05, 4.69) is 4.98 Å². The fourth-order valence-electron chi connectivity index (χ4n) is 1.64. The lowest BCUT2D eigenvalue weighted by molar-refractivity contribution is -0.115. The maximum Gasteiger partial charge on any atom is 0.287 e. The summed E-state index contributed by atoms with van der Waals surface area (Å²) in [6.07, 6.45) is 3.00. The molecule has 1 heterocycles. The van der Waals surface area contributed by atoms with Gasteiger partial charge in [-0.05, 0) is 18.2 Å². The number of hydrogen-bond acceptors (Lipinski definition) is 5.